The van der Waals surface area contributed by atoms with Crippen LogP contribution in [-0.2, 0) is 5.75 Å². The van der Waals surface area contributed by atoms with Crippen molar-refractivity contribution in [3.8, 4) is 0 Å². The summed E-state index contributed by atoms with van der Waals surface area (Å²) in [6, 6.07) is 12.9. The topological polar surface area (TPSA) is 3.24 Å². The minimum atomic E-state index is -0.141. The van der Waals surface area contributed by atoms with Gasteiger partial charge in [0.05, 0.1) is 0 Å². The summed E-state index contributed by atoms with van der Waals surface area (Å²) in [4.78, 5) is 2.45. The van der Waals surface area contributed by atoms with Crippen molar-refractivity contribution in [1.82, 2.24) is 4.90 Å². The monoisotopic (exact) mass is 421 g/mol. The Hall–Kier alpha value is -1.78. The van der Waals surface area contributed by atoms with Gasteiger partial charge in [-0.05, 0) is 81.0 Å². The van der Waals surface area contributed by atoms with Crippen LogP contribution in [-0.4, -0.2) is 25.8 Å². The van der Waals surface area contributed by atoms with E-state index in [1.807, 2.05) is 20.8 Å². The van der Waals surface area contributed by atoms with Gasteiger partial charge in [0.15, 0.2) is 0 Å². The van der Waals surface area contributed by atoms with Gasteiger partial charge in [0.1, 0.15) is 13.7 Å². The Morgan fingerprint density at radius 1 is 1.30 bits per heavy atom. The molecule has 0 bridgehead atoms. The first-order valence-electron chi connectivity index (χ1n) is 10.8. The fourth-order valence-corrected chi connectivity index (χ4v) is 4.82. The summed E-state index contributed by atoms with van der Waals surface area (Å²) in [6.45, 7) is 10.7. The fraction of sp³-hybridized carbons (Fsp3) is 0.385. The second-order valence-corrected chi connectivity index (χ2v) is 9.09. The molecule has 0 spiro atoms. The molecule has 4 heteroatoms. The van der Waals surface area contributed by atoms with Crippen LogP contribution >= 0.6 is 12.6 Å². The number of benzene rings is 2. The maximum absolute atomic E-state index is 14.7. The van der Waals surface area contributed by atoms with Gasteiger partial charge in [-0.25, -0.2) is 4.39 Å². The Kier molecular flexibility index (Phi) is 7.31. The van der Waals surface area contributed by atoms with Crippen molar-refractivity contribution < 1.29 is 4.39 Å². The summed E-state index contributed by atoms with van der Waals surface area (Å²) < 4.78 is 14.7. The van der Waals surface area contributed by atoms with Crippen molar-refractivity contribution in [3.05, 3.63) is 76.6 Å². The standard InChI is InChI=1S/C26H33BFNS/c1-16(2)21-13-23(27)24(28)14-22(21)26-17(3)7-6-8-25(26)29(5)18(4)20-11-9-19(15-30)10-12-20/h9-14,18,25,30H,1,6-8,15,27H2,2-5H3. The Balaban J connectivity index is 2.03. The molecule has 0 aromatic heterocycles. The predicted molar refractivity (Wildman–Crippen MR) is 135 cm³/mol. The SMILES string of the molecule is Bc1cc(C(=C)C)c(C2=C(C)CCCC2N(C)C(C)c2ccc(CS)cc2)cc1F. The molecule has 3 rings (SSSR count). The second-order valence-electron chi connectivity index (χ2n) is 8.77. The molecule has 2 aromatic rings. The summed E-state index contributed by atoms with van der Waals surface area (Å²) in [5, 5.41) is 0. The van der Waals surface area contributed by atoms with Crippen LogP contribution in [0.2, 0.25) is 0 Å². The summed E-state index contributed by atoms with van der Waals surface area (Å²) in [5.41, 5.74) is 8.89. The molecule has 0 heterocycles. The molecule has 2 atom stereocenters. The molecule has 0 fully saturated rings. The summed E-state index contributed by atoms with van der Waals surface area (Å²) >= 11 is 4.37. The summed E-state index contributed by atoms with van der Waals surface area (Å²) in [5.74, 6) is 0.611. The number of hydrogen-bond acceptors (Lipinski definition) is 2. The molecule has 0 N–H and O–H groups in total. The average Bonchev–Trinajstić information content (AvgIpc) is 2.74. The van der Waals surface area contributed by atoms with E-state index in [0.29, 0.717) is 5.46 Å². The lowest BCUT2D eigenvalue weighted by Gasteiger charge is -2.39. The molecule has 0 saturated heterocycles. The van der Waals surface area contributed by atoms with Crippen LogP contribution in [0.5, 0.6) is 0 Å². The van der Waals surface area contributed by atoms with Gasteiger partial charge in [-0.3, -0.25) is 4.90 Å². The van der Waals surface area contributed by atoms with Gasteiger partial charge >= 0.3 is 0 Å². The van der Waals surface area contributed by atoms with Gasteiger partial charge in [-0.15, -0.1) is 0 Å². The lowest BCUT2D eigenvalue weighted by Crippen LogP contribution is -2.37. The number of halogens is 1. The van der Waals surface area contributed by atoms with Crippen molar-refractivity contribution in [2.75, 3.05) is 7.05 Å². The number of rotatable bonds is 6. The molecule has 0 radical (unpaired) electrons. The zero-order valence-corrected chi connectivity index (χ0v) is 19.8. The highest BCUT2D eigenvalue weighted by Gasteiger charge is 2.30. The highest BCUT2D eigenvalue weighted by molar-refractivity contribution is 7.79. The van der Waals surface area contributed by atoms with Crippen LogP contribution in [0.1, 0.15) is 68.3 Å². The lowest BCUT2D eigenvalue weighted by atomic mass is 9.78. The third-order valence-corrected chi connectivity index (χ3v) is 6.98. The number of nitrogens with zero attached hydrogens (tertiary/aromatic N) is 1. The molecule has 0 aliphatic heterocycles. The van der Waals surface area contributed by atoms with Gasteiger partial charge in [0.25, 0.3) is 0 Å². The normalized spacial score (nSPS) is 18.0. The van der Waals surface area contributed by atoms with E-state index < -0.39 is 0 Å². The van der Waals surface area contributed by atoms with Crippen LogP contribution in [0.3, 0.4) is 0 Å². The van der Waals surface area contributed by atoms with Crippen LogP contribution in [0.25, 0.3) is 11.1 Å². The number of hydrogen-bond donors (Lipinski definition) is 1. The molecule has 2 aromatic carbocycles. The van der Waals surface area contributed by atoms with E-state index in [9.17, 15) is 4.39 Å². The average molecular weight is 421 g/mol. The Labute approximate surface area is 187 Å². The Morgan fingerprint density at radius 3 is 2.57 bits per heavy atom. The van der Waals surface area contributed by atoms with Crippen molar-refractivity contribution in [3.63, 3.8) is 0 Å². The molecule has 30 heavy (non-hydrogen) atoms. The first kappa shape index (κ1) is 22.9. The van der Waals surface area contributed by atoms with E-state index in [-0.39, 0.29) is 17.9 Å². The summed E-state index contributed by atoms with van der Waals surface area (Å²) in [7, 11) is 4.03. The maximum atomic E-state index is 14.7. The van der Waals surface area contributed by atoms with E-state index in [4.69, 9.17) is 0 Å². The highest BCUT2D eigenvalue weighted by Crippen LogP contribution is 2.40. The minimum absolute atomic E-state index is 0.141. The number of thiol groups is 1. The molecule has 1 nitrogen and oxygen atoms in total. The van der Waals surface area contributed by atoms with Crippen molar-refractivity contribution in [2.45, 2.75) is 57.9 Å². The zero-order chi connectivity index (χ0) is 22.0. The summed E-state index contributed by atoms with van der Waals surface area (Å²) in [6.07, 6.45) is 3.30. The Bertz CT molecular complexity index is 964. The first-order chi connectivity index (χ1) is 14.2. The van der Waals surface area contributed by atoms with Gasteiger partial charge < -0.3 is 0 Å². The number of likely N-dealkylation sites (N-methyl/N-ethyl adjacent to an activating group) is 1. The number of allylic oxidation sites excluding steroid dienone is 2. The van der Waals surface area contributed by atoms with Crippen LogP contribution in [0.15, 0.2) is 48.6 Å². The molecular formula is C26H33BFNS. The van der Waals surface area contributed by atoms with E-state index in [0.717, 1.165) is 41.7 Å². The minimum Gasteiger partial charge on any atom is -0.293 e. The smallest absolute Gasteiger partial charge is 0.143 e. The fourth-order valence-electron chi connectivity index (χ4n) is 4.60. The molecular weight excluding hydrogens is 388 g/mol. The predicted octanol–water partition coefficient (Wildman–Crippen LogP) is 5.57. The molecule has 0 saturated carbocycles. The molecule has 2 unspecified atom stereocenters. The van der Waals surface area contributed by atoms with Gasteiger partial charge in [0, 0.05) is 17.8 Å². The maximum Gasteiger partial charge on any atom is 0.143 e. The van der Waals surface area contributed by atoms with Gasteiger partial charge in [0.2, 0.25) is 0 Å². The van der Waals surface area contributed by atoms with Crippen molar-refractivity contribution >= 4 is 37.1 Å². The zero-order valence-electron chi connectivity index (χ0n) is 18.9. The molecule has 1 aliphatic carbocycles. The largest absolute Gasteiger partial charge is 0.293 e. The highest BCUT2D eigenvalue weighted by atomic mass is 32.1. The van der Waals surface area contributed by atoms with E-state index in [2.05, 4.69) is 69.3 Å². The quantitative estimate of drug-likeness (QED) is 0.472. The lowest BCUT2D eigenvalue weighted by molar-refractivity contribution is 0.208. The Morgan fingerprint density at radius 2 is 1.97 bits per heavy atom. The van der Waals surface area contributed by atoms with Crippen LogP contribution < -0.4 is 5.46 Å². The third-order valence-electron chi connectivity index (χ3n) is 6.62. The van der Waals surface area contributed by atoms with Crippen LogP contribution in [0, 0.1) is 5.82 Å². The van der Waals surface area contributed by atoms with Crippen molar-refractivity contribution in [1.29, 1.82) is 0 Å². The molecule has 158 valence electrons. The third kappa shape index (κ3) is 4.60. The molecule has 0 amide bonds. The first-order valence-corrected chi connectivity index (χ1v) is 11.5. The van der Waals surface area contributed by atoms with Gasteiger partial charge in [-0.2, -0.15) is 12.6 Å². The van der Waals surface area contributed by atoms with Crippen LogP contribution in [0.4, 0.5) is 4.39 Å². The van der Waals surface area contributed by atoms with Crippen molar-refractivity contribution in [2.24, 2.45) is 0 Å². The van der Waals surface area contributed by atoms with Gasteiger partial charge in [-0.1, -0.05) is 53.5 Å². The molecule has 1 aliphatic rings. The van der Waals surface area contributed by atoms with E-state index >= 15 is 0 Å². The van der Waals surface area contributed by atoms with E-state index in [1.165, 1.54) is 22.3 Å². The second kappa shape index (κ2) is 9.57. The van der Waals surface area contributed by atoms with E-state index in [1.54, 1.807) is 6.07 Å².